The monoisotopic (exact) mass is 294 g/mol. The second kappa shape index (κ2) is 6.19. The van der Waals surface area contributed by atoms with Gasteiger partial charge in [0.25, 0.3) is 0 Å². The maximum absolute atomic E-state index is 4.65. The van der Waals surface area contributed by atoms with Gasteiger partial charge in [-0.3, -0.25) is 4.99 Å². The number of fused-ring (bicyclic) bond motifs is 1. The molecule has 0 radical (unpaired) electrons. The molecule has 0 aliphatic carbocycles. The van der Waals surface area contributed by atoms with Crippen molar-refractivity contribution < 1.29 is 0 Å². The smallest absolute Gasteiger partial charge is 0.0819 e. The Morgan fingerprint density at radius 1 is 1.10 bits per heavy atom. The zero-order chi connectivity index (χ0) is 14.7. The van der Waals surface area contributed by atoms with Crippen LogP contribution in [0, 0.1) is 0 Å². The summed E-state index contributed by atoms with van der Waals surface area (Å²) >= 11 is 1.81. The van der Waals surface area contributed by atoms with Crippen molar-refractivity contribution in [2.24, 2.45) is 4.99 Å². The maximum atomic E-state index is 4.65. The number of nitrogens with zero attached hydrogens (tertiary/aromatic N) is 2. The third kappa shape index (κ3) is 3.03. The molecule has 0 N–H and O–H groups in total. The van der Waals surface area contributed by atoms with E-state index in [1.54, 1.807) is 0 Å². The number of hydrogen-bond acceptors (Lipinski definition) is 3. The molecular formula is C18H18N2S. The number of benzene rings is 2. The highest BCUT2D eigenvalue weighted by molar-refractivity contribution is 8.03. The quantitative estimate of drug-likeness (QED) is 0.718. The number of aliphatic imine (C=N–C) groups is 1. The highest BCUT2D eigenvalue weighted by Crippen LogP contribution is 2.45. The average Bonchev–Trinajstić information content (AvgIpc) is 2.85. The number of allylic oxidation sites excluding steroid dienone is 1. The Kier molecular flexibility index (Phi) is 4.11. The molecular weight excluding hydrogens is 276 g/mol. The second-order valence-electron chi connectivity index (χ2n) is 4.89. The van der Waals surface area contributed by atoms with Gasteiger partial charge in [0.1, 0.15) is 0 Å². The van der Waals surface area contributed by atoms with Crippen molar-refractivity contribution in [2.75, 3.05) is 11.4 Å². The fourth-order valence-electron chi connectivity index (χ4n) is 2.40. The number of thioether (sulfide) groups is 1. The van der Waals surface area contributed by atoms with Crippen LogP contribution in [0.25, 0.3) is 0 Å². The summed E-state index contributed by atoms with van der Waals surface area (Å²) in [5.74, 6) is 0. The molecule has 0 fully saturated rings. The number of hydrogen-bond donors (Lipinski definition) is 0. The summed E-state index contributed by atoms with van der Waals surface area (Å²) in [6, 6.07) is 18.6. The minimum absolute atomic E-state index is 0.967. The molecule has 0 bridgehead atoms. The van der Waals surface area contributed by atoms with E-state index in [2.05, 4.69) is 54.1 Å². The summed E-state index contributed by atoms with van der Waals surface area (Å²) in [5.41, 5.74) is 3.31. The molecule has 3 heteroatoms. The lowest BCUT2D eigenvalue weighted by atomic mass is 10.3. The lowest BCUT2D eigenvalue weighted by Crippen LogP contribution is -2.17. The summed E-state index contributed by atoms with van der Waals surface area (Å²) in [5, 5.41) is 1.25. The van der Waals surface area contributed by atoms with E-state index in [0.29, 0.717) is 0 Å². The molecule has 0 spiro atoms. The van der Waals surface area contributed by atoms with Crippen molar-refractivity contribution in [3.05, 3.63) is 65.7 Å². The van der Waals surface area contributed by atoms with Crippen LogP contribution in [-0.4, -0.2) is 12.3 Å². The number of anilines is 1. The Morgan fingerprint density at radius 2 is 1.81 bits per heavy atom. The Labute approximate surface area is 130 Å². The van der Waals surface area contributed by atoms with Crippen LogP contribution in [-0.2, 0) is 0 Å². The molecule has 2 aromatic carbocycles. The van der Waals surface area contributed by atoms with Crippen molar-refractivity contribution in [1.82, 2.24) is 0 Å². The van der Waals surface area contributed by atoms with Crippen molar-refractivity contribution in [2.45, 2.75) is 18.7 Å². The molecule has 0 aromatic heterocycles. The van der Waals surface area contributed by atoms with E-state index < -0.39 is 0 Å². The molecule has 3 rings (SSSR count). The predicted molar refractivity (Wildman–Crippen MR) is 92.6 cm³/mol. The van der Waals surface area contributed by atoms with E-state index in [1.807, 2.05) is 42.1 Å². The highest BCUT2D eigenvalue weighted by Gasteiger charge is 2.23. The van der Waals surface area contributed by atoms with E-state index in [9.17, 15) is 0 Å². The lowest BCUT2D eigenvalue weighted by Gasteiger charge is -2.17. The fourth-order valence-corrected chi connectivity index (χ4v) is 3.63. The molecule has 2 nitrogen and oxygen atoms in total. The molecule has 0 atom stereocenters. The van der Waals surface area contributed by atoms with Gasteiger partial charge >= 0.3 is 0 Å². The van der Waals surface area contributed by atoms with E-state index >= 15 is 0 Å². The number of rotatable bonds is 3. The summed E-state index contributed by atoms with van der Waals surface area (Å²) in [7, 11) is 0. The van der Waals surface area contributed by atoms with Crippen LogP contribution >= 0.6 is 11.8 Å². The molecule has 1 aliphatic heterocycles. The minimum Gasteiger partial charge on any atom is -0.335 e. The summed E-state index contributed by atoms with van der Waals surface area (Å²) in [4.78, 5) is 8.31. The summed E-state index contributed by atoms with van der Waals surface area (Å²) < 4.78 is 0. The third-order valence-electron chi connectivity index (χ3n) is 3.35. The molecule has 2 aromatic rings. The van der Waals surface area contributed by atoms with Crippen molar-refractivity contribution >= 4 is 28.8 Å². The van der Waals surface area contributed by atoms with Crippen LogP contribution in [0.1, 0.15) is 13.8 Å². The van der Waals surface area contributed by atoms with E-state index in [-0.39, 0.29) is 0 Å². The van der Waals surface area contributed by atoms with Gasteiger partial charge in [-0.2, -0.15) is 0 Å². The van der Waals surface area contributed by atoms with E-state index in [1.165, 1.54) is 15.6 Å². The molecule has 106 valence electrons. The van der Waals surface area contributed by atoms with Crippen LogP contribution in [0.4, 0.5) is 11.4 Å². The van der Waals surface area contributed by atoms with E-state index in [4.69, 9.17) is 0 Å². The van der Waals surface area contributed by atoms with Gasteiger partial charge in [-0.1, -0.05) is 42.1 Å². The zero-order valence-corrected chi connectivity index (χ0v) is 13.1. The Balaban J connectivity index is 1.89. The normalized spacial score (nSPS) is 16.4. The van der Waals surface area contributed by atoms with E-state index in [0.717, 1.165) is 17.9 Å². The van der Waals surface area contributed by atoms with Crippen molar-refractivity contribution in [3.63, 3.8) is 0 Å². The van der Waals surface area contributed by atoms with Crippen LogP contribution in [0.3, 0.4) is 0 Å². The Morgan fingerprint density at radius 3 is 2.57 bits per heavy atom. The molecule has 0 unspecified atom stereocenters. The third-order valence-corrected chi connectivity index (χ3v) is 4.46. The Bertz CT molecular complexity index is 689. The molecule has 0 amide bonds. The minimum atomic E-state index is 0.967. The van der Waals surface area contributed by atoms with Gasteiger partial charge in [-0.05, 0) is 44.2 Å². The molecule has 1 heterocycles. The van der Waals surface area contributed by atoms with Crippen LogP contribution in [0.5, 0.6) is 0 Å². The lowest BCUT2D eigenvalue weighted by molar-refractivity contribution is 1.00. The van der Waals surface area contributed by atoms with Crippen LogP contribution < -0.4 is 4.90 Å². The molecule has 1 aliphatic rings. The van der Waals surface area contributed by atoms with Gasteiger partial charge in [0.2, 0.25) is 0 Å². The van der Waals surface area contributed by atoms with Gasteiger partial charge in [0.05, 0.1) is 16.4 Å². The topological polar surface area (TPSA) is 15.6 Å². The SMILES string of the molecule is CCN1/C(=C/C(C)=Nc2ccccc2)Sc2ccccc21. The Hall–Kier alpha value is -2.00. The maximum Gasteiger partial charge on any atom is 0.0819 e. The molecule has 0 saturated carbocycles. The van der Waals surface area contributed by atoms with Gasteiger partial charge < -0.3 is 4.90 Å². The zero-order valence-electron chi connectivity index (χ0n) is 12.3. The standard InChI is InChI=1S/C18H18N2S/c1-3-20-16-11-7-8-12-17(16)21-18(20)13-14(2)19-15-9-5-4-6-10-15/h4-13H,3H2,1-2H3/b18-13-,19-14?. The van der Waals surface area contributed by atoms with Crippen molar-refractivity contribution in [3.8, 4) is 0 Å². The molecule has 21 heavy (non-hydrogen) atoms. The second-order valence-corrected chi connectivity index (χ2v) is 5.95. The van der Waals surface area contributed by atoms with Gasteiger partial charge in [0.15, 0.2) is 0 Å². The largest absolute Gasteiger partial charge is 0.335 e. The number of para-hydroxylation sites is 2. The van der Waals surface area contributed by atoms with Crippen LogP contribution in [0.2, 0.25) is 0 Å². The van der Waals surface area contributed by atoms with Crippen molar-refractivity contribution in [1.29, 1.82) is 0 Å². The van der Waals surface area contributed by atoms with Gasteiger partial charge in [-0.25, -0.2) is 0 Å². The first-order valence-electron chi connectivity index (χ1n) is 7.14. The first-order chi connectivity index (χ1) is 10.3. The first kappa shape index (κ1) is 14.0. The average molecular weight is 294 g/mol. The van der Waals surface area contributed by atoms with Gasteiger partial charge in [0, 0.05) is 17.2 Å². The molecule has 0 saturated heterocycles. The van der Waals surface area contributed by atoms with Gasteiger partial charge in [-0.15, -0.1) is 0 Å². The summed E-state index contributed by atoms with van der Waals surface area (Å²) in [6.45, 7) is 5.20. The predicted octanol–water partition coefficient (Wildman–Crippen LogP) is 5.25. The van der Waals surface area contributed by atoms with Crippen LogP contribution in [0.15, 0.2) is 75.6 Å². The first-order valence-corrected chi connectivity index (χ1v) is 7.96. The summed E-state index contributed by atoms with van der Waals surface area (Å²) in [6.07, 6.45) is 2.17. The highest BCUT2D eigenvalue weighted by atomic mass is 32.2. The fraction of sp³-hybridized carbons (Fsp3) is 0.167.